The van der Waals surface area contributed by atoms with Crippen LogP contribution < -0.4 is 25.6 Å². The molecule has 12 nitrogen and oxygen atoms in total. The zero-order chi connectivity index (χ0) is 23.2. The number of nitrogens with zero attached hydrogens (tertiary/aromatic N) is 4. The van der Waals surface area contributed by atoms with E-state index in [9.17, 15) is 14.9 Å². The standard InChI is InChI=1S/C20H17N7O5S/c1-31-13-7-8-14-15(9-13)33-20(23-14)24-18-17(27(29)30)19(22-11-21-18)26-25-16(28)10-32-12-5-3-2-4-6-12/h2-9,11H,10H2,1H3,(H,25,28)(H2,21,22,23,24,26). The lowest BCUT2D eigenvalue weighted by Crippen LogP contribution is -2.34. The average molecular weight is 467 g/mol. The minimum absolute atomic E-state index is 0.0849. The van der Waals surface area contributed by atoms with E-state index < -0.39 is 16.5 Å². The fraction of sp³-hybridized carbons (Fsp3) is 0.100. The summed E-state index contributed by atoms with van der Waals surface area (Å²) in [6, 6.07) is 14.1. The van der Waals surface area contributed by atoms with Gasteiger partial charge in [-0.1, -0.05) is 29.5 Å². The molecule has 0 atom stereocenters. The molecule has 0 saturated heterocycles. The molecule has 2 aromatic carbocycles. The number of thiazole rings is 1. The van der Waals surface area contributed by atoms with E-state index in [1.807, 2.05) is 12.1 Å². The molecule has 2 heterocycles. The van der Waals surface area contributed by atoms with Gasteiger partial charge in [0.15, 0.2) is 11.7 Å². The Hall–Kier alpha value is -4.52. The Balaban J connectivity index is 1.47. The van der Waals surface area contributed by atoms with E-state index >= 15 is 0 Å². The molecule has 168 valence electrons. The second kappa shape index (κ2) is 9.74. The van der Waals surface area contributed by atoms with Gasteiger partial charge in [0.1, 0.15) is 17.8 Å². The van der Waals surface area contributed by atoms with Gasteiger partial charge in [0, 0.05) is 0 Å². The topological polar surface area (TPSA) is 153 Å². The molecule has 2 aromatic heterocycles. The van der Waals surface area contributed by atoms with Gasteiger partial charge >= 0.3 is 5.69 Å². The molecule has 0 saturated carbocycles. The van der Waals surface area contributed by atoms with Crippen molar-refractivity contribution >= 4 is 49.9 Å². The molecule has 0 aliphatic rings. The summed E-state index contributed by atoms with van der Waals surface area (Å²) >= 11 is 1.28. The number of rotatable bonds is 9. The number of methoxy groups -OCH3 is 1. The van der Waals surface area contributed by atoms with Crippen molar-refractivity contribution in [2.45, 2.75) is 0 Å². The number of nitro groups is 1. The number of nitrogens with one attached hydrogen (secondary N) is 3. The zero-order valence-electron chi connectivity index (χ0n) is 17.1. The Morgan fingerprint density at radius 2 is 1.91 bits per heavy atom. The lowest BCUT2D eigenvalue weighted by Gasteiger charge is -2.10. The summed E-state index contributed by atoms with van der Waals surface area (Å²) in [6.07, 6.45) is 1.13. The summed E-state index contributed by atoms with van der Waals surface area (Å²) in [6.45, 7) is -0.295. The van der Waals surface area contributed by atoms with E-state index in [0.29, 0.717) is 22.1 Å². The number of ether oxygens (including phenoxy) is 2. The van der Waals surface area contributed by atoms with E-state index in [-0.39, 0.29) is 18.2 Å². The molecule has 4 rings (SSSR count). The molecule has 13 heteroatoms. The van der Waals surface area contributed by atoms with Gasteiger partial charge in [0.2, 0.25) is 11.6 Å². The van der Waals surface area contributed by atoms with Crippen LogP contribution in [0, 0.1) is 10.1 Å². The van der Waals surface area contributed by atoms with Crippen LogP contribution in [-0.4, -0.2) is 39.5 Å². The van der Waals surface area contributed by atoms with E-state index in [2.05, 4.69) is 31.1 Å². The highest BCUT2D eigenvalue weighted by molar-refractivity contribution is 7.22. The van der Waals surface area contributed by atoms with Gasteiger partial charge in [-0.15, -0.1) is 0 Å². The van der Waals surface area contributed by atoms with Crippen LogP contribution in [0.3, 0.4) is 0 Å². The summed E-state index contributed by atoms with van der Waals surface area (Å²) in [5, 5.41) is 15.0. The van der Waals surface area contributed by atoms with Gasteiger partial charge in [-0.3, -0.25) is 25.8 Å². The Kier molecular flexibility index (Phi) is 6.40. The fourth-order valence-corrected chi connectivity index (χ4v) is 3.65. The van der Waals surface area contributed by atoms with Gasteiger partial charge < -0.3 is 14.8 Å². The summed E-state index contributed by atoms with van der Waals surface area (Å²) in [5.41, 5.74) is 5.02. The van der Waals surface area contributed by atoms with Crippen molar-refractivity contribution in [2.75, 3.05) is 24.5 Å². The molecule has 1 amide bonds. The lowest BCUT2D eigenvalue weighted by molar-refractivity contribution is -0.383. The van der Waals surface area contributed by atoms with Crippen molar-refractivity contribution in [2.24, 2.45) is 0 Å². The predicted octanol–water partition coefficient (Wildman–Crippen LogP) is 3.27. The van der Waals surface area contributed by atoms with E-state index in [4.69, 9.17) is 9.47 Å². The highest BCUT2D eigenvalue weighted by Crippen LogP contribution is 2.34. The Morgan fingerprint density at radius 3 is 2.67 bits per heavy atom. The maximum absolute atomic E-state index is 12.1. The molecule has 0 fully saturated rings. The lowest BCUT2D eigenvalue weighted by atomic mass is 10.3. The van der Waals surface area contributed by atoms with Crippen molar-refractivity contribution < 1.29 is 19.2 Å². The quantitative estimate of drug-likeness (QED) is 0.247. The normalized spacial score (nSPS) is 10.5. The Morgan fingerprint density at radius 1 is 1.12 bits per heavy atom. The monoisotopic (exact) mass is 467 g/mol. The number of amides is 1. The second-order valence-corrected chi connectivity index (χ2v) is 7.46. The van der Waals surface area contributed by atoms with Crippen LogP contribution in [0.1, 0.15) is 0 Å². The van der Waals surface area contributed by atoms with Crippen molar-refractivity contribution in [1.29, 1.82) is 0 Å². The number of aromatic nitrogens is 3. The molecule has 33 heavy (non-hydrogen) atoms. The van der Waals surface area contributed by atoms with Crippen LogP contribution >= 0.6 is 11.3 Å². The SMILES string of the molecule is COc1ccc2nc(Nc3ncnc(NNC(=O)COc4ccccc4)c3[N+](=O)[O-])sc2c1. The average Bonchev–Trinajstić information content (AvgIpc) is 3.23. The first-order valence-electron chi connectivity index (χ1n) is 9.47. The molecule has 0 aliphatic carbocycles. The minimum atomic E-state index is -0.659. The van der Waals surface area contributed by atoms with Crippen LogP contribution in [-0.2, 0) is 4.79 Å². The molecular formula is C20H17N7O5S. The first kappa shape index (κ1) is 21.7. The Bertz CT molecular complexity index is 1300. The summed E-state index contributed by atoms with van der Waals surface area (Å²) < 4.78 is 11.4. The number of hydrogen-bond donors (Lipinski definition) is 3. The molecule has 0 unspecified atom stereocenters. The highest BCUT2D eigenvalue weighted by Gasteiger charge is 2.24. The van der Waals surface area contributed by atoms with Gasteiger partial charge in [-0.2, -0.15) is 0 Å². The largest absolute Gasteiger partial charge is 0.497 e. The van der Waals surface area contributed by atoms with E-state index in [1.54, 1.807) is 43.5 Å². The van der Waals surface area contributed by atoms with Crippen LogP contribution in [0.2, 0.25) is 0 Å². The summed E-state index contributed by atoms with van der Waals surface area (Å²) in [4.78, 5) is 35.3. The number of fused-ring (bicyclic) bond motifs is 1. The van der Waals surface area contributed by atoms with Gasteiger partial charge in [0.05, 0.1) is 22.2 Å². The van der Waals surface area contributed by atoms with Gasteiger partial charge in [-0.25, -0.2) is 15.0 Å². The van der Waals surface area contributed by atoms with Crippen LogP contribution in [0.4, 0.5) is 22.5 Å². The first-order valence-corrected chi connectivity index (χ1v) is 10.3. The molecule has 3 N–H and O–H groups in total. The maximum atomic E-state index is 12.1. The third-order valence-corrected chi connectivity index (χ3v) is 5.19. The third-order valence-electron chi connectivity index (χ3n) is 4.26. The number of anilines is 3. The van der Waals surface area contributed by atoms with E-state index in [1.165, 1.54) is 11.3 Å². The number of carbonyl (C=O) groups excluding carboxylic acids is 1. The summed E-state index contributed by atoms with van der Waals surface area (Å²) in [5.74, 6) is 0.345. The van der Waals surface area contributed by atoms with Gasteiger partial charge in [-0.05, 0) is 30.3 Å². The second-order valence-electron chi connectivity index (χ2n) is 6.43. The number of hydrogen-bond acceptors (Lipinski definition) is 11. The van der Waals surface area contributed by atoms with Crippen molar-refractivity contribution in [3.8, 4) is 11.5 Å². The molecule has 0 spiro atoms. The maximum Gasteiger partial charge on any atom is 0.355 e. The Labute approximate surface area is 190 Å². The predicted molar refractivity (Wildman–Crippen MR) is 122 cm³/mol. The smallest absolute Gasteiger partial charge is 0.355 e. The molecule has 0 radical (unpaired) electrons. The number of hydrazine groups is 1. The molecule has 4 aromatic rings. The minimum Gasteiger partial charge on any atom is -0.497 e. The fourth-order valence-electron chi connectivity index (χ4n) is 2.75. The molecule has 0 bridgehead atoms. The van der Waals surface area contributed by atoms with Crippen LogP contribution in [0.15, 0.2) is 54.9 Å². The van der Waals surface area contributed by atoms with Crippen molar-refractivity contribution in [3.05, 3.63) is 65.0 Å². The van der Waals surface area contributed by atoms with Crippen molar-refractivity contribution in [1.82, 2.24) is 20.4 Å². The third kappa shape index (κ3) is 5.22. The first-order chi connectivity index (χ1) is 16.0. The molecular weight excluding hydrogens is 450 g/mol. The van der Waals surface area contributed by atoms with Crippen molar-refractivity contribution in [3.63, 3.8) is 0 Å². The zero-order valence-corrected chi connectivity index (χ0v) is 18.0. The highest BCUT2D eigenvalue weighted by atomic mass is 32.1. The van der Waals surface area contributed by atoms with E-state index in [0.717, 1.165) is 11.0 Å². The number of carbonyl (C=O) groups is 1. The van der Waals surface area contributed by atoms with Gasteiger partial charge in [0.25, 0.3) is 5.91 Å². The molecule has 0 aliphatic heterocycles. The number of benzene rings is 2. The van der Waals surface area contributed by atoms with Crippen LogP contribution in [0.25, 0.3) is 10.2 Å². The summed E-state index contributed by atoms with van der Waals surface area (Å²) in [7, 11) is 1.56. The van der Waals surface area contributed by atoms with Crippen LogP contribution in [0.5, 0.6) is 11.5 Å². The number of para-hydroxylation sites is 1.